The molecule has 6 aromatic rings. The van der Waals surface area contributed by atoms with E-state index >= 15 is 0 Å². The molecule has 0 aliphatic heterocycles. The summed E-state index contributed by atoms with van der Waals surface area (Å²) in [6, 6.07) is 39.7. The van der Waals surface area contributed by atoms with Crippen molar-refractivity contribution in [3.63, 3.8) is 0 Å². The number of benzene rings is 4. The van der Waals surface area contributed by atoms with Gasteiger partial charge < -0.3 is 54.8 Å². The second kappa shape index (κ2) is 34.5. The molecule has 396 valence electrons. The maximum Gasteiger partial charge on any atom is 0.224 e. The van der Waals surface area contributed by atoms with Crippen LogP contribution in [-0.2, 0) is 41.9 Å². The number of rotatable bonds is 26. The molecule has 2 heterocycles. The molecule has 0 spiro atoms. The van der Waals surface area contributed by atoms with E-state index in [1.54, 1.807) is 85.2 Å². The molecule has 0 saturated heterocycles. The minimum absolute atomic E-state index is 0.0188. The van der Waals surface area contributed by atoms with E-state index in [2.05, 4.69) is 41.9 Å². The molecule has 14 N–H and O–H groups in total. The van der Waals surface area contributed by atoms with Gasteiger partial charge in [0.2, 0.25) is 35.4 Å². The second-order valence-electron chi connectivity index (χ2n) is 17.5. The maximum absolute atomic E-state index is 11.9. The summed E-state index contributed by atoms with van der Waals surface area (Å²) in [5.74, 6) is -0.180. The van der Waals surface area contributed by atoms with Crippen molar-refractivity contribution < 1.29 is 28.8 Å². The van der Waals surface area contributed by atoms with Crippen LogP contribution in [0.25, 0.3) is 0 Å². The number of aromatic nitrogens is 2. The van der Waals surface area contributed by atoms with E-state index in [1.165, 1.54) is 0 Å². The van der Waals surface area contributed by atoms with Crippen LogP contribution in [0.3, 0.4) is 0 Å². The average molecular weight is 1020 g/mol. The summed E-state index contributed by atoms with van der Waals surface area (Å²) >= 11 is 0. The highest BCUT2D eigenvalue weighted by Crippen LogP contribution is 2.19. The normalized spacial score (nSPS) is 10.2. The molecule has 18 heteroatoms. The Balaban J connectivity index is 0.000000243. The van der Waals surface area contributed by atoms with Crippen molar-refractivity contribution >= 4 is 80.9 Å². The third-order valence-corrected chi connectivity index (χ3v) is 11.1. The Labute approximate surface area is 439 Å². The summed E-state index contributed by atoms with van der Waals surface area (Å²) in [4.78, 5) is 79.2. The average Bonchev–Trinajstić information content (AvgIpc) is 3.40. The van der Waals surface area contributed by atoms with Crippen LogP contribution in [0.15, 0.2) is 146 Å². The van der Waals surface area contributed by atoms with Gasteiger partial charge in [-0.3, -0.25) is 38.7 Å². The van der Waals surface area contributed by atoms with Gasteiger partial charge in [0.05, 0.1) is 47.2 Å². The van der Waals surface area contributed by atoms with Crippen LogP contribution < -0.4 is 54.8 Å². The van der Waals surface area contributed by atoms with Crippen molar-refractivity contribution in [3.05, 3.63) is 157 Å². The lowest BCUT2D eigenvalue weighted by atomic mass is 10.1. The number of carbonyl (C=O) groups is 6. The van der Waals surface area contributed by atoms with Gasteiger partial charge in [-0.05, 0) is 130 Å². The summed E-state index contributed by atoms with van der Waals surface area (Å²) in [6.07, 6.45) is 13.0. The van der Waals surface area contributed by atoms with Crippen molar-refractivity contribution in [3.8, 4) is 0 Å². The zero-order chi connectivity index (χ0) is 53.9. The first-order valence-corrected chi connectivity index (χ1v) is 25.3. The Morgan fingerprint density at radius 1 is 0.347 bits per heavy atom. The molecule has 0 aliphatic carbocycles. The molecule has 2 aromatic heterocycles. The van der Waals surface area contributed by atoms with Gasteiger partial charge in [0.25, 0.3) is 0 Å². The first-order valence-electron chi connectivity index (χ1n) is 25.3. The number of nitrogens with one attached hydrogen (secondary N) is 6. The van der Waals surface area contributed by atoms with E-state index in [1.807, 2.05) is 60.7 Å². The van der Waals surface area contributed by atoms with Crippen LogP contribution in [0.5, 0.6) is 0 Å². The summed E-state index contributed by atoms with van der Waals surface area (Å²) in [5, 5.41) is 16.9. The highest BCUT2D eigenvalue weighted by atomic mass is 16.2. The lowest BCUT2D eigenvalue weighted by Gasteiger charge is -2.08. The molecule has 0 saturated carbocycles. The molecular weight excluding hydrogens is 949 g/mol. The number of para-hydroxylation sites is 4. The summed E-state index contributed by atoms with van der Waals surface area (Å²) in [5.41, 5.74) is 29.6. The number of amides is 6. The highest BCUT2D eigenvalue weighted by molar-refractivity contribution is 5.95. The molecule has 4 aromatic carbocycles. The van der Waals surface area contributed by atoms with E-state index in [4.69, 9.17) is 22.9 Å². The van der Waals surface area contributed by atoms with Crippen LogP contribution in [0.1, 0.15) is 108 Å². The number of anilines is 8. The predicted molar refractivity (Wildman–Crippen MR) is 299 cm³/mol. The molecule has 6 rings (SSSR count). The van der Waals surface area contributed by atoms with E-state index in [0.29, 0.717) is 91.4 Å². The fourth-order valence-corrected chi connectivity index (χ4v) is 7.08. The van der Waals surface area contributed by atoms with Gasteiger partial charge in [-0.25, -0.2) is 0 Å². The Morgan fingerprint density at radius 2 is 0.733 bits per heavy atom. The maximum atomic E-state index is 11.9. The summed E-state index contributed by atoms with van der Waals surface area (Å²) in [7, 11) is 0. The van der Waals surface area contributed by atoms with Crippen molar-refractivity contribution in [2.24, 2.45) is 0 Å². The fourth-order valence-electron chi connectivity index (χ4n) is 7.08. The minimum atomic E-state index is -0.0675. The Kier molecular flexibility index (Phi) is 27.1. The lowest BCUT2D eigenvalue weighted by Crippen LogP contribution is -2.23. The zero-order valence-corrected chi connectivity index (χ0v) is 42.5. The molecule has 0 aliphatic rings. The van der Waals surface area contributed by atoms with Gasteiger partial charge >= 0.3 is 0 Å². The first kappa shape index (κ1) is 58.8. The van der Waals surface area contributed by atoms with Crippen molar-refractivity contribution in [2.75, 3.05) is 44.2 Å². The highest BCUT2D eigenvalue weighted by Gasteiger charge is 2.09. The molecule has 0 atom stereocenters. The van der Waals surface area contributed by atoms with Crippen LogP contribution in [0.2, 0.25) is 0 Å². The van der Waals surface area contributed by atoms with Gasteiger partial charge in [-0.1, -0.05) is 61.7 Å². The van der Waals surface area contributed by atoms with E-state index in [0.717, 1.165) is 74.9 Å². The lowest BCUT2D eigenvalue weighted by molar-refractivity contribution is -0.121. The molecule has 0 radical (unpaired) electrons. The van der Waals surface area contributed by atoms with E-state index in [-0.39, 0.29) is 35.4 Å². The number of pyridine rings is 2. The molecule has 0 fully saturated rings. The summed E-state index contributed by atoms with van der Waals surface area (Å²) < 4.78 is 0. The monoisotopic (exact) mass is 1020 g/mol. The van der Waals surface area contributed by atoms with Crippen LogP contribution >= 0.6 is 0 Å². The quantitative estimate of drug-likeness (QED) is 0.0180. The number of nitrogen functional groups attached to an aromatic ring is 4. The Bertz CT molecular complexity index is 2620. The van der Waals surface area contributed by atoms with Crippen molar-refractivity contribution in [1.29, 1.82) is 0 Å². The SMILES string of the molecule is Nc1ccc(NC(=O)CCCCCC(=O)Nc2ccccc2N)cc1.Nc1cccc(NC(=O)CCCCCC(=O)Nc2ccccc2N)c1.O=C(CCCCCC(=O)NCc1ccccn1)NCc1ccccn1. The van der Waals surface area contributed by atoms with Gasteiger partial charge in [0.1, 0.15) is 0 Å². The molecular formula is C57H72N12O6. The first-order chi connectivity index (χ1) is 36.3. The Hall–Kier alpha value is -8.80. The third kappa shape index (κ3) is 26.5. The smallest absolute Gasteiger partial charge is 0.224 e. The molecule has 6 amide bonds. The number of hydrogen-bond donors (Lipinski definition) is 10. The van der Waals surface area contributed by atoms with Crippen LogP contribution in [0, 0.1) is 0 Å². The van der Waals surface area contributed by atoms with Crippen molar-refractivity contribution in [1.82, 2.24) is 20.6 Å². The van der Waals surface area contributed by atoms with Gasteiger partial charge in [0, 0.05) is 73.7 Å². The van der Waals surface area contributed by atoms with Crippen LogP contribution in [-0.4, -0.2) is 45.4 Å². The predicted octanol–water partition coefficient (Wildman–Crippen LogP) is 9.12. The topological polar surface area (TPSA) is 304 Å². The summed E-state index contributed by atoms with van der Waals surface area (Å²) in [6.45, 7) is 0.908. The second-order valence-corrected chi connectivity index (χ2v) is 17.5. The third-order valence-electron chi connectivity index (χ3n) is 11.1. The largest absolute Gasteiger partial charge is 0.399 e. The van der Waals surface area contributed by atoms with E-state index < -0.39 is 0 Å². The number of carbonyl (C=O) groups excluding carboxylic acids is 6. The van der Waals surface area contributed by atoms with Crippen molar-refractivity contribution in [2.45, 2.75) is 109 Å². The molecule has 0 bridgehead atoms. The molecule has 18 nitrogen and oxygen atoms in total. The zero-order valence-electron chi connectivity index (χ0n) is 42.5. The van der Waals surface area contributed by atoms with Gasteiger partial charge in [0.15, 0.2) is 0 Å². The molecule has 75 heavy (non-hydrogen) atoms. The number of unbranched alkanes of at least 4 members (excludes halogenated alkanes) is 6. The number of hydrogen-bond acceptors (Lipinski definition) is 12. The van der Waals surface area contributed by atoms with Crippen LogP contribution in [0.4, 0.5) is 45.5 Å². The standard InChI is InChI=1S/3C19H24N4O2/c24-18(22-14-16-8-4-6-12-20-16)10-2-1-3-11-19(25)23-15-17-9-5-7-13-21-17;20-14-7-6-8-15(13-14)22-18(24)11-2-1-3-12-19(25)23-17-10-5-4-9-16(17)21;20-14-10-12-15(13-11-14)22-18(24)8-2-1-3-9-19(25)23-17-7-5-4-6-16(17)21/h4-9,12-13H,1-3,10-11,14-15H2,(H,22,24)(H,23,25);4-10,13H,1-3,11-12,20-21H2,(H,22,24)(H,23,25);4-7,10-13H,1-3,8-9,20-21H2,(H,22,24)(H,23,25). The minimum Gasteiger partial charge on any atom is -0.399 e. The fraction of sp³-hybridized carbons (Fsp3) is 0.298. The number of nitrogens with two attached hydrogens (primary N) is 4. The van der Waals surface area contributed by atoms with E-state index in [9.17, 15) is 28.8 Å². The van der Waals surface area contributed by atoms with Gasteiger partial charge in [-0.2, -0.15) is 0 Å². The molecule has 0 unspecified atom stereocenters. The van der Waals surface area contributed by atoms with Gasteiger partial charge in [-0.15, -0.1) is 0 Å². The Morgan fingerprint density at radius 3 is 1.13 bits per heavy atom. The number of nitrogens with zero attached hydrogens (tertiary/aromatic N) is 2.